The number of hydrogen-bond donors (Lipinski definition) is 2. The number of hydrogen-bond acceptors (Lipinski definition) is 5. The molecule has 1 aliphatic heterocycles. The zero-order valence-electron chi connectivity index (χ0n) is 13.9. The van der Waals surface area contributed by atoms with Gasteiger partial charge in [-0.15, -0.1) is 0 Å². The van der Waals surface area contributed by atoms with Gasteiger partial charge in [0.2, 0.25) is 11.8 Å². The summed E-state index contributed by atoms with van der Waals surface area (Å²) in [7, 11) is 3.96. The van der Waals surface area contributed by atoms with Gasteiger partial charge in [0.25, 0.3) is 0 Å². The molecule has 2 N–H and O–H groups in total. The van der Waals surface area contributed by atoms with E-state index in [2.05, 4.69) is 17.2 Å². The number of rotatable bonds is 12. The summed E-state index contributed by atoms with van der Waals surface area (Å²) in [4.78, 5) is 22.9. The molecule has 1 unspecified atom stereocenters. The highest BCUT2D eigenvalue weighted by Gasteiger charge is 2.15. The second kappa shape index (κ2) is 12.7. The monoisotopic (exact) mass is 360 g/mol. The Hall–Kier alpha value is -0.660. The molecule has 2 amide bonds. The van der Waals surface area contributed by atoms with Crippen molar-refractivity contribution in [1.82, 2.24) is 10.6 Å². The Morgan fingerprint density at radius 2 is 1.96 bits per heavy atom. The Morgan fingerprint density at radius 3 is 2.61 bits per heavy atom. The van der Waals surface area contributed by atoms with Crippen LogP contribution in [0.1, 0.15) is 39.0 Å². The lowest BCUT2D eigenvalue weighted by Crippen LogP contribution is -2.30. The highest BCUT2D eigenvalue weighted by atomic mass is 33.1. The molecule has 1 rings (SSSR count). The smallest absolute Gasteiger partial charge is 0.246 e. The van der Waals surface area contributed by atoms with E-state index < -0.39 is 0 Å². The largest absolute Gasteiger partial charge is 0.378 e. The van der Waals surface area contributed by atoms with Crippen molar-refractivity contribution in [3.05, 3.63) is 12.2 Å². The first kappa shape index (κ1) is 20.4. The summed E-state index contributed by atoms with van der Waals surface area (Å²) in [6.45, 7) is 7.09. The SMILES string of the molecule is C=C(C)C(=O)NCCOCCNC(=O)CCCCC1CCSS1. The molecule has 1 atom stereocenters. The van der Waals surface area contributed by atoms with Crippen molar-refractivity contribution in [1.29, 1.82) is 0 Å². The maximum absolute atomic E-state index is 11.6. The summed E-state index contributed by atoms with van der Waals surface area (Å²) in [5.74, 6) is 1.21. The predicted octanol–water partition coefficient (Wildman–Crippen LogP) is 2.53. The molecular formula is C16H28N2O3S2. The third kappa shape index (κ3) is 10.7. The van der Waals surface area contributed by atoms with Crippen LogP contribution in [-0.2, 0) is 14.3 Å². The van der Waals surface area contributed by atoms with Crippen LogP contribution in [0.5, 0.6) is 0 Å². The van der Waals surface area contributed by atoms with Crippen LogP contribution in [0.3, 0.4) is 0 Å². The Kier molecular flexibility index (Phi) is 11.3. The van der Waals surface area contributed by atoms with E-state index >= 15 is 0 Å². The van der Waals surface area contributed by atoms with Gasteiger partial charge >= 0.3 is 0 Å². The van der Waals surface area contributed by atoms with Crippen LogP contribution < -0.4 is 10.6 Å². The van der Waals surface area contributed by atoms with Crippen molar-refractivity contribution < 1.29 is 14.3 Å². The van der Waals surface area contributed by atoms with Gasteiger partial charge in [0, 0.05) is 36.1 Å². The Bertz CT molecular complexity index is 386. The molecule has 0 aromatic carbocycles. The van der Waals surface area contributed by atoms with Crippen LogP contribution >= 0.6 is 21.6 Å². The van der Waals surface area contributed by atoms with Gasteiger partial charge in [-0.1, -0.05) is 34.6 Å². The molecule has 0 bridgehead atoms. The summed E-state index contributed by atoms with van der Waals surface area (Å²) >= 11 is 0. The molecule has 1 saturated heterocycles. The number of ether oxygens (including phenoxy) is 1. The van der Waals surface area contributed by atoms with Crippen LogP contribution in [0, 0.1) is 0 Å². The van der Waals surface area contributed by atoms with E-state index in [1.54, 1.807) is 6.92 Å². The van der Waals surface area contributed by atoms with Gasteiger partial charge in [-0.05, 0) is 26.2 Å². The van der Waals surface area contributed by atoms with Crippen molar-refractivity contribution in [2.24, 2.45) is 0 Å². The molecule has 0 aliphatic carbocycles. The first-order valence-electron chi connectivity index (χ1n) is 8.16. The van der Waals surface area contributed by atoms with Crippen LogP contribution in [-0.4, -0.2) is 49.1 Å². The van der Waals surface area contributed by atoms with E-state index in [0.717, 1.165) is 18.1 Å². The van der Waals surface area contributed by atoms with Crippen molar-refractivity contribution >= 4 is 33.4 Å². The Labute approximate surface area is 147 Å². The van der Waals surface area contributed by atoms with E-state index in [0.29, 0.717) is 38.3 Å². The summed E-state index contributed by atoms with van der Waals surface area (Å²) in [6, 6.07) is 0. The van der Waals surface area contributed by atoms with Crippen molar-refractivity contribution in [2.75, 3.05) is 32.1 Å². The molecule has 0 radical (unpaired) electrons. The summed E-state index contributed by atoms with van der Waals surface area (Å²) in [5.41, 5.74) is 0.488. The molecule has 0 spiro atoms. The first-order chi connectivity index (χ1) is 11.1. The van der Waals surface area contributed by atoms with Gasteiger partial charge in [-0.25, -0.2) is 0 Å². The zero-order chi connectivity index (χ0) is 16.9. The predicted molar refractivity (Wildman–Crippen MR) is 98.6 cm³/mol. The molecule has 0 saturated carbocycles. The van der Waals surface area contributed by atoms with Crippen molar-refractivity contribution in [2.45, 2.75) is 44.3 Å². The fourth-order valence-electron chi connectivity index (χ4n) is 2.06. The fourth-order valence-corrected chi connectivity index (χ4v) is 5.09. The Balaban J connectivity index is 1.84. The third-order valence-electron chi connectivity index (χ3n) is 3.40. The minimum atomic E-state index is -0.156. The molecular weight excluding hydrogens is 332 g/mol. The topological polar surface area (TPSA) is 67.4 Å². The lowest BCUT2D eigenvalue weighted by atomic mass is 10.1. The van der Waals surface area contributed by atoms with Crippen molar-refractivity contribution in [3.8, 4) is 0 Å². The maximum atomic E-state index is 11.6. The van der Waals surface area contributed by atoms with Gasteiger partial charge in [0.15, 0.2) is 0 Å². The number of carbonyl (C=O) groups excluding carboxylic acids is 2. The second-order valence-corrected chi connectivity index (χ2v) is 8.36. The van der Waals surface area contributed by atoms with Crippen LogP contribution in [0.15, 0.2) is 12.2 Å². The molecule has 1 aliphatic rings. The van der Waals surface area contributed by atoms with Gasteiger partial charge in [0.1, 0.15) is 0 Å². The second-order valence-electron chi connectivity index (χ2n) is 5.57. The van der Waals surface area contributed by atoms with E-state index in [1.807, 2.05) is 21.6 Å². The normalized spacial score (nSPS) is 17.0. The van der Waals surface area contributed by atoms with E-state index in [1.165, 1.54) is 18.6 Å². The molecule has 132 valence electrons. The quantitative estimate of drug-likeness (QED) is 0.318. The molecule has 7 heteroatoms. The highest BCUT2D eigenvalue weighted by molar-refractivity contribution is 8.77. The zero-order valence-corrected chi connectivity index (χ0v) is 15.5. The average Bonchev–Trinajstić information content (AvgIpc) is 3.03. The average molecular weight is 361 g/mol. The molecule has 1 heterocycles. The van der Waals surface area contributed by atoms with Gasteiger partial charge < -0.3 is 15.4 Å². The lowest BCUT2D eigenvalue weighted by molar-refractivity contribution is -0.121. The molecule has 5 nitrogen and oxygen atoms in total. The van der Waals surface area contributed by atoms with Crippen LogP contribution in [0.2, 0.25) is 0 Å². The molecule has 0 aromatic heterocycles. The molecule has 23 heavy (non-hydrogen) atoms. The minimum absolute atomic E-state index is 0.0950. The van der Waals surface area contributed by atoms with E-state index in [4.69, 9.17) is 4.74 Å². The number of carbonyl (C=O) groups is 2. The van der Waals surface area contributed by atoms with Gasteiger partial charge in [-0.2, -0.15) is 0 Å². The lowest BCUT2D eigenvalue weighted by Gasteiger charge is -2.08. The van der Waals surface area contributed by atoms with Crippen molar-refractivity contribution in [3.63, 3.8) is 0 Å². The third-order valence-corrected chi connectivity index (χ3v) is 6.40. The standard InChI is InChI=1S/C16H28N2O3S2/c1-13(2)16(20)18-9-11-21-10-8-17-15(19)6-4-3-5-14-7-12-22-23-14/h14H,1,3-12H2,2H3,(H,17,19)(H,18,20). The number of amides is 2. The summed E-state index contributed by atoms with van der Waals surface area (Å²) in [6.07, 6.45) is 5.22. The first-order valence-corrected chi connectivity index (χ1v) is 10.5. The van der Waals surface area contributed by atoms with E-state index in [9.17, 15) is 9.59 Å². The van der Waals surface area contributed by atoms with E-state index in [-0.39, 0.29) is 11.8 Å². The minimum Gasteiger partial charge on any atom is -0.378 e. The number of unbranched alkanes of at least 4 members (excludes halogenated alkanes) is 1. The number of nitrogens with one attached hydrogen (secondary N) is 2. The van der Waals surface area contributed by atoms with Gasteiger partial charge in [0.05, 0.1) is 13.2 Å². The molecule has 1 fully saturated rings. The maximum Gasteiger partial charge on any atom is 0.246 e. The summed E-state index contributed by atoms with van der Waals surface area (Å²) < 4.78 is 5.34. The van der Waals surface area contributed by atoms with Gasteiger partial charge in [-0.3, -0.25) is 9.59 Å². The fraction of sp³-hybridized carbons (Fsp3) is 0.750. The summed E-state index contributed by atoms with van der Waals surface area (Å²) in [5, 5.41) is 6.33. The Morgan fingerprint density at radius 1 is 1.22 bits per heavy atom. The highest BCUT2D eigenvalue weighted by Crippen LogP contribution is 2.39. The van der Waals surface area contributed by atoms with Crippen LogP contribution in [0.25, 0.3) is 0 Å². The van der Waals surface area contributed by atoms with Crippen LogP contribution in [0.4, 0.5) is 0 Å². The molecule has 0 aromatic rings.